The van der Waals surface area contributed by atoms with Crippen molar-refractivity contribution >= 4 is 15.7 Å². The van der Waals surface area contributed by atoms with Crippen LogP contribution in [0.3, 0.4) is 0 Å². The lowest BCUT2D eigenvalue weighted by atomic mass is 10.1. The maximum atomic E-state index is 13.6. The Balaban J connectivity index is 2.19. The molecule has 0 saturated heterocycles. The molecule has 7 heteroatoms. The molecule has 0 aliphatic heterocycles. The van der Waals surface area contributed by atoms with Gasteiger partial charge in [-0.3, -0.25) is 4.31 Å². The van der Waals surface area contributed by atoms with Crippen LogP contribution in [0.25, 0.3) is 0 Å². The van der Waals surface area contributed by atoms with Gasteiger partial charge in [-0.15, -0.1) is 0 Å². The van der Waals surface area contributed by atoms with Crippen LogP contribution in [0, 0.1) is 12.7 Å². The molecule has 0 amide bonds. The van der Waals surface area contributed by atoms with Crippen LogP contribution >= 0.6 is 0 Å². The number of halogens is 1. The van der Waals surface area contributed by atoms with Crippen molar-refractivity contribution in [2.75, 3.05) is 18.5 Å². The van der Waals surface area contributed by atoms with Gasteiger partial charge in [-0.05, 0) is 55.8 Å². The number of sulfonamides is 1. The summed E-state index contributed by atoms with van der Waals surface area (Å²) in [5.74, 6) is 0.396. The Morgan fingerprint density at radius 1 is 0.900 bits per heavy atom. The van der Waals surface area contributed by atoms with E-state index in [1.165, 1.54) is 30.7 Å². The Morgan fingerprint density at radius 2 is 1.57 bits per heavy atom. The summed E-state index contributed by atoms with van der Waals surface area (Å²) >= 11 is 0. The van der Waals surface area contributed by atoms with E-state index in [0.29, 0.717) is 17.2 Å². The molecule has 158 valence electrons. The fraction of sp³-hybridized carbons (Fsp3) is 0.217. The summed E-state index contributed by atoms with van der Waals surface area (Å²) in [6.07, 6.45) is 0. The van der Waals surface area contributed by atoms with Crippen molar-refractivity contribution in [1.82, 2.24) is 0 Å². The number of rotatable bonds is 7. The zero-order chi connectivity index (χ0) is 21.9. The van der Waals surface area contributed by atoms with Crippen molar-refractivity contribution in [3.63, 3.8) is 0 Å². The minimum absolute atomic E-state index is 0.00168. The van der Waals surface area contributed by atoms with Crippen molar-refractivity contribution in [3.05, 3.63) is 83.7 Å². The number of hydrogen-bond acceptors (Lipinski definition) is 4. The van der Waals surface area contributed by atoms with Crippen LogP contribution in [0.15, 0.2) is 71.6 Å². The molecular formula is C23H24FNO4S. The standard InChI is InChI=1S/C23H24FNO4S/c1-16-6-5-7-18(14-16)17(2)25(20-10-13-22(28-3)23(15-20)29-4)30(26,27)21-11-8-19(24)9-12-21/h5-15,17H,1-4H3. The second kappa shape index (κ2) is 8.75. The highest BCUT2D eigenvalue weighted by Crippen LogP contribution is 2.38. The molecular weight excluding hydrogens is 405 g/mol. The second-order valence-electron chi connectivity index (χ2n) is 6.88. The monoisotopic (exact) mass is 429 g/mol. The maximum Gasteiger partial charge on any atom is 0.264 e. The van der Waals surface area contributed by atoms with Gasteiger partial charge in [0.15, 0.2) is 11.5 Å². The highest BCUT2D eigenvalue weighted by atomic mass is 32.2. The molecule has 3 aromatic rings. The lowest BCUT2D eigenvalue weighted by Crippen LogP contribution is -2.33. The van der Waals surface area contributed by atoms with E-state index in [4.69, 9.17) is 9.47 Å². The molecule has 0 N–H and O–H groups in total. The summed E-state index contributed by atoms with van der Waals surface area (Å²) in [5.41, 5.74) is 2.26. The van der Waals surface area contributed by atoms with Gasteiger partial charge in [0.05, 0.1) is 30.8 Å². The average molecular weight is 430 g/mol. The van der Waals surface area contributed by atoms with Gasteiger partial charge in [-0.2, -0.15) is 0 Å². The smallest absolute Gasteiger partial charge is 0.264 e. The molecule has 0 aliphatic rings. The zero-order valence-electron chi connectivity index (χ0n) is 17.3. The summed E-state index contributed by atoms with van der Waals surface area (Å²) in [4.78, 5) is -0.00168. The first kappa shape index (κ1) is 21.6. The first-order valence-corrected chi connectivity index (χ1v) is 10.8. The van der Waals surface area contributed by atoms with E-state index in [2.05, 4.69) is 0 Å². The van der Waals surface area contributed by atoms with Crippen molar-refractivity contribution in [2.24, 2.45) is 0 Å². The van der Waals surface area contributed by atoms with E-state index in [1.54, 1.807) is 18.2 Å². The third-order valence-corrected chi connectivity index (χ3v) is 6.78. The zero-order valence-corrected chi connectivity index (χ0v) is 18.1. The third-order valence-electron chi connectivity index (χ3n) is 4.87. The van der Waals surface area contributed by atoms with E-state index in [9.17, 15) is 12.8 Å². The van der Waals surface area contributed by atoms with Gasteiger partial charge in [0.1, 0.15) is 5.82 Å². The summed E-state index contributed by atoms with van der Waals surface area (Å²) in [6.45, 7) is 3.76. The lowest BCUT2D eigenvalue weighted by molar-refractivity contribution is 0.355. The molecule has 0 fully saturated rings. The molecule has 3 rings (SSSR count). The molecule has 30 heavy (non-hydrogen) atoms. The van der Waals surface area contributed by atoms with Crippen molar-refractivity contribution < 1.29 is 22.3 Å². The first-order chi connectivity index (χ1) is 14.3. The number of hydrogen-bond donors (Lipinski definition) is 0. The number of methoxy groups -OCH3 is 2. The fourth-order valence-corrected chi connectivity index (χ4v) is 4.95. The fourth-order valence-electron chi connectivity index (χ4n) is 3.32. The van der Waals surface area contributed by atoms with Gasteiger partial charge in [0.2, 0.25) is 0 Å². The molecule has 0 aliphatic carbocycles. The Morgan fingerprint density at radius 3 is 2.17 bits per heavy atom. The molecule has 0 spiro atoms. The topological polar surface area (TPSA) is 55.8 Å². The molecule has 1 unspecified atom stereocenters. The van der Waals surface area contributed by atoms with Gasteiger partial charge in [0, 0.05) is 6.07 Å². The molecule has 0 radical (unpaired) electrons. The number of ether oxygens (including phenoxy) is 2. The lowest BCUT2D eigenvalue weighted by Gasteiger charge is -2.31. The SMILES string of the molecule is COc1ccc(N(C(C)c2cccc(C)c2)S(=O)(=O)c2ccc(F)cc2)cc1OC. The Labute approximate surface area is 176 Å². The second-order valence-corrected chi connectivity index (χ2v) is 8.70. The predicted molar refractivity (Wildman–Crippen MR) is 115 cm³/mol. The number of nitrogens with zero attached hydrogens (tertiary/aromatic N) is 1. The van der Waals surface area contributed by atoms with Crippen LogP contribution in [-0.2, 0) is 10.0 Å². The minimum Gasteiger partial charge on any atom is -0.493 e. The van der Waals surface area contributed by atoms with Gasteiger partial charge >= 0.3 is 0 Å². The Kier molecular flexibility index (Phi) is 6.31. The normalized spacial score (nSPS) is 12.3. The highest BCUT2D eigenvalue weighted by molar-refractivity contribution is 7.92. The number of anilines is 1. The van der Waals surface area contributed by atoms with Crippen LogP contribution in [0.5, 0.6) is 11.5 Å². The van der Waals surface area contributed by atoms with E-state index in [-0.39, 0.29) is 4.90 Å². The molecule has 0 heterocycles. The minimum atomic E-state index is -4.01. The van der Waals surface area contributed by atoms with Crippen molar-refractivity contribution in [3.8, 4) is 11.5 Å². The number of benzene rings is 3. The Hall–Kier alpha value is -3.06. The van der Waals surface area contributed by atoms with Crippen LogP contribution in [0.1, 0.15) is 24.1 Å². The van der Waals surface area contributed by atoms with Crippen LogP contribution in [0.4, 0.5) is 10.1 Å². The van der Waals surface area contributed by atoms with Crippen LogP contribution in [-0.4, -0.2) is 22.6 Å². The van der Waals surface area contributed by atoms with E-state index in [1.807, 2.05) is 38.1 Å². The summed E-state index contributed by atoms with van der Waals surface area (Å²) < 4.78 is 52.6. The van der Waals surface area contributed by atoms with E-state index >= 15 is 0 Å². The number of aryl methyl sites for hydroxylation is 1. The molecule has 1 atom stereocenters. The van der Waals surface area contributed by atoms with Gasteiger partial charge in [-0.1, -0.05) is 29.8 Å². The molecule has 0 aromatic heterocycles. The predicted octanol–water partition coefficient (Wildman–Crippen LogP) is 5.11. The third kappa shape index (κ3) is 4.26. The highest BCUT2D eigenvalue weighted by Gasteiger charge is 2.31. The van der Waals surface area contributed by atoms with Crippen molar-refractivity contribution in [2.45, 2.75) is 24.8 Å². The maximum absolute atomic E-state index is 13.6. The molecule has 3 aromatic carbocycles. The van der Waals surface area contributed by atoms with Crippen LogP contribution < -0.4 is 13.8 Å². The molecule has 0 bridgehead atoms. The van der Waals surface area contributed by atoms with Crippen molar-refractivity contribution in [1.29, 1.82) is 0 Å². The largest absolute Gasteiger partial charge is 0.493 e. The van der Waals surface area contributed by atoms with Gasteiger partial charge < -0.3 is 9.47 Å². The van der Waals surface area contributed by atoms with Crippen LogP contribution in [0.2, 0.25) is 0 Å². The first-order valence-electron chi connectivity index (χ1n) is 9.36. The van der Waals surface area contributed by atoms with E-state index in [0.717, 1.165) is 23.3 Å². The quantitative estimate of drug-likeness (QED) is 0.524. The van der Waals surface area contributed by atoms with E-state index < -0.39 is 21.9 Å². The Bertz CT molecular complexity index is 1130. The summed E-state index contributed by atoms with van der Waals surface area (Å²) in [5, 5.41) is 0. The van der Waals surface area contributed by atoms with Gasteiger partial charge in [-0.25, -0.2) is 12.8 Å². The summed E-state index contributed by atoms with van der Waals surface area (Å²) in [6, 6.07) is 16.9. The molecule has 5 nitrogen and oxygen atoms in total. The van der Waals surface area contributed by atoms with Gasteiger partial charge in [0.25, 0.3) is 10.0 Å². The average Bonchev–Trinajstić information content (AvgIpc) is 2.73. The molecule has 0 saturated carbocycles. The summed E-state index contributed by atoms with van der Waals surface area (Å²) in [7, 11) is -1.00.